The van der Waals surface area contributed by atoms with Gasteiger partial charge in [-0.15, -0.1) is 0 Å². The molecule has 0 aliphatic carbocycles. The minimum absolute atomic E-state index is 0.0583. The Hall–Kier alpha value is -1.31. The molecule has 0 unspecified atom stereocenters. The van der Waals surface area contributed by atoms with Crippen molar-refractivity contribution < 1.29 is 9.53 Å². The van der Waals surface area contributed by atoms with Crippen LogP contribution in [0.25, 0.3) is 0 Å². The lowest BCUT2D eigenvalue weighted by atomic mass is 10.0. The van der Waals surface area contributed by atoms with Gasteiger partial charge in [0.1, 0.15) is 6.61 Å². The number of unbranched alkanes of at least 4 members (excludes halogenated alkanes) is 21. The molecule has 0 aliphatic heterocycles. The minimum atomic E-state index is -0.0583. The highest BCUT2D eigenvalue weighted by Gasteiger charge is 2.03. The molecule has 0 saturated carbocycles. The normalized spacial score (nSPS) is 11.1. The summed E-state index contributed by atoms with van der Waals surface area (Å²) in [5, 5.41) is 0. The standard InChI is InChI=1S/C32H56O2/c1-2-3-4-5-6-7-8-9-10-11-12-13-14-15-16-17-18-19-20-21-22-26-29-32(33)34-30-31-27-24-23-25-28-31/h23-25,27-28H,2-22,26,29-30H2,1H3. The van der Waals surface area contributed by atoms with Crippen LogP contribution in [0.3, 0.4) is 0 Å². The van der Waals surface area contributed by atoms with Crippen LogP contribution >= 0.6 is 0 Å². The van der Waals surface area contributed by atoms with Gasteiger partial charge in [-0.05, 0) is 12.0 Å². The number of benzene rings is 1. The van der Waals surface area contributed by atoms with Crippen LogP contribution in [0.4, 0.5) is 0 Å². The number of carbonyl (C=O) groups excluding carboxylic acids is 1. The number of hydrogen-bond donors (Lipinski definition) is 0. The molecule has 0 radical (unpaired) electrons. The molecule has 0 N–H and O–H groups in total. The van der Waals surface area contributed by atoms with Crippen LogP contribution in [-0.2, 0) is 16.1 Å². The number of rotatable bonds is 25. The summed E-state index contributed by atoms with van der Waals surface area (Å²) in [7, 11) is 0. The highest BCUT2D eigenvalue weighted by atomic mass is 16.5. The number of hydrogen-bond acceptors (Lipinski definition) is 2. The van der Waals surface area contributed by atoms with Crippen molar-refractivity contribution in [1.82, 2.24) is 0 Å². The van der Waals surface area contributed by atoms with Crippen LogP contribution in [0.1, 0.15) is 160 Å². The van der Waals surface area contributed by atoms with Crippen molar-refractivity contribution in [3.8, 4) is 0 Å². The average Bonchev–Trinajstić information content (AvgIpc) is 2.86. The molecule has 0 aromatic heterocycles. The summed E-state index contributed by atoms with van der Waals surface area (Å²) < 4.78 is 5.34. The van der Waals surface area contributed by atoms with Crippen LogP contribution in [0, 0.1) is 0 Å². The lowest BCUT2D eigenvalue weighted by Gasteiger charge is -2.05. The fourth-order valence-electron chi connectivity index (χ4n) is 4.69. The van der Waals surface area contributed by atoms with Crippen LogP contribution in [0.2, 0.25) is 0 Å². The molecule has 1 rings (SSSR count). The van der Waals surface area contributed by atoms with E-state index in [-0.39, 0.29) is 5.97 Å². The molecule has 196 valence electrons. The maximum atomic E-state index is 11.8. The summed E-state index contributed by atoms with van der Waals surface area (Å²) in [6.07, 6.45) is 31.1. The Morgan fingerprint density at radius 1 is 0.529 bits per heavy atom. The summed E-state index contributed by atoms with van der Waals surface area (Å²) >= 11 is 0. The Bertz CT molecular complexity index is 539. The second kappa shape index (κ2) is 24.8. The lowest BCUT2D eigenvalue weighted by Crippen LogP contribution is -2.04. The van der Waals surface area contributed by atoms with E-state index in [1.807, 2.05) is 30.3 Å². The average molecular weight is 473 g/mol. The van der Waals surface area contributed by atoms with Crippen molar-refractivity contribution >= 4 is 5.97 Å². The summed E-state index contributed by atoms with van der Waals surface area (Å²) in [5.41, 5.74) is 1.06. The van der Waals surface area contributed by atoms with E-state index in [1.54, 1.807) is 0 Å². The number of carbonyl (C=O) groups is 1. The number of ether oxygens (including phenoxy) is 1. The minimum Gasteiger partial charge on any atom is -0.461 e. The molecule has 0 saturated heterocycles. The molecule has 0 spiro atoms. The fraction of sp³-hybridized carbons (Fsp3) is 0.781. The van der Waals surface area contributed by atoms with Crippen LogP contribution in [-0.4, -0.2) is 5.97 Å². The maximum absolute atomic E-state index is 11.8. The van der Waals surface area contributed by atoms with Gasteiger partial charge in [0.05, 0.1) is 0 Å². The molecule has 1 aromatic carbocycles. The van der Waals surface area contributed by atoms with Crippen molar-refractivity contribution in [3.63, 3.8) is 0 Å². The van der Waals surface area contributed by atoms with Crippen molar-refractivity contribution in [2.24, 2.45) is 0 Å². The SMILES string of the molecule is CCCCCCCCCCCCCCCCCCCCCCCCC(=O)OCc1ccccc1. The quantitative estimate of drug-likeness (QED) is 0.104. The fourth-order valence-corrected chi connectivity index (χ4v) is 4.69. The predicted octanol–water partition coefficient (Wildman–Crippen LogP) is 10.7. The summed E-state index contributed by atoms with van der Waals surface area (Å²) in [5.74, 6) is -0.0583. The Labute approximate surface area is 212 Å². The lowest BCUT2D eigenvalue weighted by molar-refractivity contribution is -0.145. The summed E-state index contributed by atoms with van der Waals surface area (Å²) in [6.45, 7) is 2.70. The molecule has 1 aromatic rings. The molecule has 0 fully saturated rings. The molecule has 0 amide bonds. The third-order valence-corrected chi connectivity index (χ3v) is 6.98. The van der Waals surface area contributed by atoms with Gasteiger partial charge in [0.15, 0.2) is 0 Å². The monoisotopic (exact) mass is 472 g/mol. The van der Waals surface area contributed by atoms with E-state index in [2.05, 4.69) is 6.92 Å². The molecule has 0 heterocycles. The topological polar surface area (TPSA) is 26.3 Å². The van der Waals surface area contributed by atoms with Crippen molar-refractivity contribution in [2.45, 2.75) is 161 Å². The van der Waals surface area contributed by atoms with E-state index >= 15 is 0 Å². The van der Waals surface area contributed by atoms with E-state index in [9.17, 15) is 4.79 Å². The third kappa shape index (κ3) is 21.2. The Kier molecular flexibility index (Phi) is 22.4. The largest absolute Gasteiger partial charge is 0.461 e. The second-order valence-electron chi connectivity index (χ2n) is 10.3. The highest BCUT2D eigenvalue weighted by molar-refractivity contribution is 5.69. The van der Waals surface area contributed by atoms with Crippen LogP contribution in [0.15, 0.2) is 30.3 Å². The first-order chi connectivity index (χ1) is 16.8. The summed E-state index contributed by atoms with van der Waals surface area (Å²) in [6, 6.07) is 9.91. The van der Waals surface area contributed by atoms with Gasteiger partial charge in [-0.1, -0.05) is 172 Å². The highest BCUT2D eigenvalue weighted by Crippen LogP contribution is 2.15. The van der Waals surface area contributed by atoms with E-state index in [4.69, 9.17) is 4.74 Å². The zero-order chi connectivity index (χ0) is 24.4. The Balaban J connectivity index is 1.69. The third-order valence-electron chi connectivity index (χ3n) is 6.98. The van der Waals surface area contributed by atoms with Gasteiger partial charge in [0.2, 0.25) is 0 Å². The molecule has 2 nitrogen and oxygen atoms in total. The Morgan fingerprint density at radius 3 is 1.26 bits per heavy atom. The van der Waals surface area contributed by atoms with Gasteiger partial charge in [-0.25, -0.2) is 0 Å². The summed E-state index contributed by atoms with van der Waals surface area (Å²) in [4.78, 5) is 11.8. The van der Waals surface area contributed by atoms with E-state index in [0.29, 0.717) is 13.0 Å². The smallest absolute Gasteiger partial charge is 0.306 e. The first-order valence-corrected chi connectivity index (χ1v) is 15.0. The molecular weight excluding hydrogens is 416 g/mol. The molecule has 0 atom stereocenters. The van der Waals surface area contributed by atoms with E-state index < -0.39 is 0 Å². The second-order valence-corrected chi connectivity index (χ2v) is 10.3. The van der Waals surface area contributed by atoms with Crippen molar-refractivity contribution in [2.75, 3.05) is 0 Å². The van der Waals surface area contributed by atoms with Crippen molar-refractivity contribution in [3.05, 3.63) is 35.9 Å². The first kappa shape index (κ1) is 30.7. The molecule has 34 heavy (non-hydrogen) atoms. The van der Waals surface area contributed by atoms with Gasteiger partial charge >= 0.3 is 5.97 Å². The van der Waals surface area contributed by atoms with Gasteiger partial charge < -0.3 is 4.74 Å². The van der Waals surface area contributed by atoms with Gasteiger partial charge in [-0.2, -0.15) is 0 Å². The maximum Gasteiger partial charge on any atom is 0.306 e. The molecule has 0 bridgehead atoms. The van der Waals surface area contributed by atoms with Gasteiger partial charge in [-0.3, -0.25) is 4.79 Å². The van der Waals surface area contributed by atoms with Gasteiger partial charge in [0.25, 0.3) is 0 Å². The van der Waals surface area contributed by atoms with Crippen LogP contribution < -0.4 is 0 Å². The molecular formula is C32H56O2. The molecule has 0 aliphatic rings. The first-order valence-electron chi connectivity index (χ1n) is 15.0. The zero-order valence-electron chi connectivity index (χ0n) is 22.7. The van der Waals surface area contributed by atoms with Crippen molar-refractivity contribution in [1.29, 1.82) is 0 Å². The number of esters is 1. The zero-order valence-corrected chi connectivity index (χ0v) is 22.7. The van der Waals surface area contributed by atoms with E-state index in [1.165, 1.54) is 128 Å². The van der Waals surface area contributed by atoms with E-state index in [0.717, 1.165) is 18.4 Å². The Morgan fingerprint density at radius 2 is 0.882 bits per heavy atom. The predicted molar refractivity (Wildman–Crippen MR) is 148 cm³/mol. The van der Waals surface area contributed by atoms with Gasteiger partial charge in [0, 0.05) is 6.42 Å². The molecule has 2 heteroatoms. The van der Waals surface area contributed by atoms with Crippen LogP contribution in [0.5, 0.6) is 0 Å².